The van der Waals surface area contributed by atoms with Crippen molar-refractivity contribution < 1.29 is 19.1 Å². The summed E-state index contributed by atoms with van der Waals surface area (Å²) >= 11 is 2.99. The quantitative estimate of drug-likeness (QED) is 0.800. The average molecular weight is 317 g/mol. The first-order valence-electron chi connectivity index (χ1n) is 5.20. The summed E-state index contributed by atoms with van der Waals surface area (Å²) in [7, 11) is 0. The Bertz CT molecular complexity index is 517. The van der Waals surface area contributed by atoms with Gasteiger partial charge < -0.3 is 15.7 Å². The van der Waals surface area contributed by atoms with Gasteiger partial charge in [0.2, 0.25) is 0 Å². The van der Waals surface area contributed by atoms with E-state index >= 15 is 0 Å². The number of rotatable bonds is 3. The number of amides is 2. The zero-order valence-electron chi connectivity index (χ0n) is 9.17. The van der Waals surface area contributed by atoms with Crippen molar-refractivity contribution in [3.8, 4) is 0 Å². The molecular formula is C11H10BrFN2O3. The Morgan fingerprint density at radius 3 is 2.56 bits per heavy atom. The standard InChI is InChI=1S/C11H10BrFN2O3/c12-7-5-6(1-2-8(7)13)14-10(18)15-11(3-4-11)9(16)17/h1-2,5H,3-4H2,(H,16,17)(H2,14,15,18). The third-order valence-electron chi connectivity index (χ3n) is 2.69. The van der Waals surface area contributed by atoms with Crippen LogP contribution in [0, 0.1) is 5.82 Å². The van der Waals surface area contributed by atoms with Gasteiger partial charge in [-0.05, 0) is 47.0 Å². The largest absolute Gasteiger partial charge is 0.480 e. The number of carbonyl (C=O) groups is 2. The van der Waals surface area contributed by atoms with Gasteiger partial charge in [-0.3, -0.25) is 0 Å². The number of urea groups is 1. The Morgan fingerprint density at radius 2 is 2.06 bits per heavy atom. The highest BCUT2D eigenvalue weighted by molar-refractivity contribution is 9.10. The molecule has 0 radical (unpaired) electrons. The van der Waals surface area contributed by atoms with Crippen LogP contribution in [0.15, 0.2) is 22.7 Å². The van der Waals surface area contributed by atoms with Gasteiger partial charge in [-0.15, -0.1) is 0 Å². The Morgan fingerprint density at radius 1 is 1.39 bits per heavy atom. The van der Waals surface area contributed by atoms with Crippen molar-refractivity contribution in [2.45, 2.75) is 18.4 Å². The number of benzene rings is 1. The smallest absolute Gasteiger partial charge is 0.329 e. The minimum Gasteiger partial charge on any atom is -0.480 e. The molecule has 7 heteroatoms. The van der Waals surface area contributed by atoms with Crippen molar-refractivity contribution in [1.29, 1.82) is 0 Å². The van der Waals surface area contributed by atoms with Gasteiger partial charge in [0.15, 0.2) is 0 Å². The maximum atomic E-state index is 13.0. The van der Waals surface area contributed by atoms with Gasteiger partial charge >= 0.3 is 12.0 Å². The summed E-state index contributed by atoms with van der Waals surface area (Å²) in [5.74, 6) is -1.48. The maximum absolute atomic E-state index is 13.0. The van der Waals surface area contributed by atoms with E-state index in [0.717, 1.165) is 0 Å². The molecule has 0 heterocycles. The zero-order chi connectivity index (χ0) is 13.3. The minimum absolute atomic E-state index is 0.222. The zero-order valence-corrected chi connectivity index (χ0v) is 10.8. The molecule has 18 heavy (non-hydrogen) atoms. The van der Waals surface area contributed by atoms with Crippen LogP contribution in [-0.4, -0.2) is 22.6 Å². The molecule has 5 nitrogen and oxygen atoms in total. The predicted molar refractivity (Wildman–Crippen MR) is 65.9 cm³/mol. The molecule has 1 aliphatic rings. The van der Waals surface area contributed by atoms with Crippen LogP contribution in [-0.2, 0) is 4.79 Å². The second-order valence-electron chi connectivity index (χ2n) is 4.10. The molecule has 2 amide bonds. The Hall–Kier alpha value is -1.63. The summed E-state index contributed by atoms with van der Waals surface area (Å²) < 4.78 is 13.2. The molecule has 1 fully saturated rings. The van der Waals surface area contributed by atoms with Gasteiger partial charge in [0, 0.05) is 5.69 Å². The van der Waals surface area contributed by atoms with E-state index in [1.807, 2.05) is 0 Å². The first-order chi connectivity index (χ1) is 8.43. The molecule has 1 aromatic rings. The normalized spacial score (nSPS) is 15.9. The number of carbonyl (C=O) groups excluding carboxylic acids is 1. The Kier molecular flexibility index (Phi) is 3.25. The maximum Gasteiger partial charge on any atom is 0.329 e. The molecule has 0 aromatic heterocycles. The summed E-state index contributed by atoms with van der Waals surface area (Å²) in [5, 5.41) is 13.7. The number of halogens is 2. The van der Waals surface area contributed by atoms with E-state index in [9.17, 15) is 14.0 Å². The molecule has 1 aromatic carbocycles. The lowest BCUT2D eigenvalue weighted by molar-refractivity contribution is -0.140. The van der Waals surface area contributed by atoms with E-state index in [2.05, 4.69) is 26.6 Å². The lowest BCUT2D eigenvalue weighted by Crippen LogP contribution is -2.45. The van der Waals surface area contributed by atoms with E-state index in [-0.39, 0.29) is 4.47 Å². The van der Waals surface area contributed by atoms with Crippen LogP contribution >= 0.6 is 15.9 Å². The van der Waals surface area contributed by atoms with Crippen molar-refractivity contribution in [3.05, 3.63) is 28.5 Å². The summed E-state index contributed by atoms with van der Waals surface area (Å²) in [5.41, 5.74) is -0.761. The highest BCUT2D eigenvalue weighted by atomic mass is 79.9. The van der Waals surface area contributed by atoms with Crippen molar-refractivity contribution in [3.63, 3.8) is 0 Å². The summed E-state index contributed by atoms with van der Waals surface area (Å²) in [6.07, 6.45) is 0.839. The fourth-order valence-corrected chi connectivity index (χ4v) is 1.85. The Balaban J connectivity index is 1.99. The molecule has 0 bridgehead atoms. The van der Waals surface area contributed by atoms with Crippen LogP contribution < -0.4 is 10.6 Å². The molecule has 96 valence electrons. The second-order valence-corrected chi connectivity index (χ2v) is 4.95. The molecule has 2 rings (SSSR count). The van der Waals surface area contributed by atoms with Crippen LogP contribution in [0.1, 0.15) is 12.8 Å². The van der Waals surface area contributed by atoms with Crippen LogP contribution in [0.5, 0.6) is 0 Å². The van der Waals surface area contributed by atoms with Crippen LogP contribution in [0.4, 0.5) is 14.9 Å². The molecule has 1 saturated carbocycles. The lowest BCUT2D eigenvalue weighted by atomic mass is 10.3. The van der Waals surface area contributed by atoms with Crippen molar-refractivity contribution in [1.82, 2.24) is 5.32 Å². The molecular weight excluding hydrogens is 307 g/mol. The fourth-order valence-electron chi connectivity index (χ4n) is 1.47. The number of nitrogens with one attached hydrogen (secondary N) is 2. The number of aliphatic carboxylic acids is 1. The monoisotopic (exact) mass is 316 g/mol. The molecule has 0 atom stereocenters. The molecule has 0 spiro atoms. The molecule has 3 N–H and O–H groups in total. The minimum atomic E-state index is -1.14. The lowest BCUT2D eigenvalue weighted by Gasteiger charge is -2.13. The summed E-state index contributed by atoms with van der Waals surface area (Å²) in [6, 6.07) is 3.37. The van der Waals surface area contributed by atoms with E-state index in [1.165, 1.54) is 18.2 Å². The van der Waals surface area contributed by atoms with Gasteiger partial charge in [-0.25, -0.2) is 14.0 Å². The number of carboxylic acid groups (broad SMARTS) is 1. The number of hydrogen-bond donors (Lipinski definition) is 3. The number of carboxylic acids is 1. The van der Waals surface area contributed by atoms with Crippen molar-refractivity contribution >= 4 is 33.6 Å². The number of hydrogen-bond acceptors (Lipinski definition) is 2. The topological polar surface area (TPSA) is 78.4 Å². The molecule has 0 saturated heterocycles. The first kappa shape index (κ1) is 12.8. The van der Waals surface area contributed by atoms with E-state index in [4.69, 9.17) is 5.11 Å². The Labute approximate surface area is 111 Å². The third kappa shape index (κ3) is 2.61. The highest BCUT2D eigenvalue weighted by Crippen LogP contribution is 2.35. The van der Waals surface area contributed by atoms with Gasteiger partial charge in [-0.2, -0.15) is 0 Å². The van der Waals surface area contributed by atoms with Gasteiger partial charge in [0.25, 0.3) is 0 Å². The highest BCUT2D eigenvalue weighted by Gasteiger charge is 2.51. The SMILES string of the molecule is O=C(Nc1ccc(F)c(Br)c1)NC1(C(=O)O)CC1. The number of anilines is 1. The van der Waals surface area contributed by atoms with Crippen molar-refractivity contribution in [2.24, 2.45) is 0 Å². The van der Waals surface area contributed by atoms with Crippen LogP contribution in [0.25, 0.3) is 0 Å². The van der Waals surface area contributed by atoms with Gasteiger partial charge in [0.1, 0.15) is 11.4 Å². The van der Waals surface area contributed by atoms with E-state index in [0.29, 0.717) is 18.5 Å². The fraction of sp³-hybridized carbons (Fsp3) is 0.273. The first-order valence-corrected chi connectivity index (χ1v) is 6.00. The van der Waals surface area contributed by atoms with Gasteiger partial charge in [-0.1, -0.05) is 0 Å². The van der Waals surface area contributed by atoms with Crippen LogP contribution in [0.3, 0.4) is 0 Å². The molecule has 1 aliphatic carbocycles. The van der Waals surface area contributed by atoms with E-state index < -0.39 is 23.4 Å². The molecule has 0 aliphatic heterocycles. The van der Waals surface area contributed by atoms with E-state index in [1.54, 1.807) is 0 Å². The van der Waals surface area contributed by atoms with Gasteiger partial charge in [0.05, 0.1) is 4.47 Å². The summed E-state index contributed by atoms with van der Waals surface area (Å²) in [6.45, 7) is 0. The van der Waals surface area contributed by atoms with Crippen LogP contribution in [0.2, 0.25) is 0 Å². The summed E-state index contributed by atoms with van der Waals surface area (Å²) in [4.78, 5) is 22.4. The van der Waals surface area contributed by atoms with Crippen molar-refractivity contribution in [2.75, 3.05) is 5.32 Å². The second kappa shape index (κ2) is 4.56. The molecule has 0 unspecified atom stereocenters. The average Bonchev–Trinajstić information content (AvgIpc) is 3.04. The predicted octanol–water partition coefficient (Wildman–Crippen LogP) is 2.33. The third-order valence-corrected chi connectivity index (χ3v) is 3.30.